The van der Waals surface area contributed by atoms with Gasteiger partial charge in [-0.05, 0) is 19.4 Å². The van der Waals surface area contributed by atoms with Crippen molar-refractivity contribution in [3.05, 3.63) is 0 Å². The summed E-state index contributed by atoms with van der Waals surface area (Å²) in [6.45, 7) is 2.84. The molecule has 1 heterocycles. The Morgan fingerprint density at radius 1 is 1.71 bits per heavy atom. The highest BCUT2D eigenvalue weighted by Crippen LogP contribution is 2.12. The van der Waals surface area contributed by atoms with Crippen LogP contribution in [0.25, 0.3) is 0 Å². The predicted octanol–water partition coefficient (Wildman–Crippen LogP) is -0.234. The Morgan fingerprint density at radius 2 is 2.50 bits per heavy atom. The number of hydrogen-bond donors (Lipinski definition) is 2. The zero-order valence-corrected chi connectivity index (χ0v) is 8.66. The number of urea groups is 1. The van der Waals surface area contributed by atoms with Crippen molar-refractivity contribution in [3.63, 3.8) is 0 Å². The standard InChI is InChI=1S/C9H19N3O2/c1-11-9(13)12-5-3-8(7-12)14-6-2-4-10/h8H,2-7,10H2,1H3,(H,11,13). The molecule has 5 nitrogen and oxygen atoms in total. The van der Waals surface area contributed by atoms with E-state index in [-0.39, 0.29) is 12.1 Å². The summed E-state index contributed by atoms with van der Waals surface area (Å²) in [6.07, 6.45) is 2.01. The first-order valence-electron chi connectivity index (χ1n) is 5.06. The van der Waals surface area contributed by atoms with Gasteiger partial charge in [-0.1, -0.05) is 0 Å². The van der Waals surface area contributed by atoms with Crippen LogP contribution in [-0.4, -0.2) is 50.3 Å². The molecule has 14 heavy (non-hydrogen) atoms. The van der Waals surface area contributed by atoms with Crippen molar-refractivity contribution in [3.8, 4) is 0 Å². The lowest BCUT2D eigenvalue weighted by atomic mass is 10.3. The van der Waals surface area contributed by atoms with E-state index in [9.17, 15) is 4.79 Å². The molecule has 0 aromatic heterocycles. The van der Waals surface area contributed by atoms with E-state index in [1.807, 2.05) is 0 Å². The van der Waals surface area contributed by atoms with Gasteiger partial charge in [-0.15, -0.1) is 0 Å². The Bertz CT molecular complexity index is 187. The zero-order valence-electron chi connectivity index (χ0n) is 8.66. The summed E-state index contributed by atoms with van der Waals surface area (Å²) in [6, 6.07) is -0.0186. The summed E-state index contributed by atoms with van der Waals surface area (Å²) >= 11 is 0. The van der Waals surface area contributed by atoms with E-state index in [1.54, 1.807) is 11.9 Å². The number of nitrogens with zero attached hydrogens (tertiary/aromatic N) is 1. The van der Waals surface area contributed by atoms with Crippen LogP contribution >= 0.6 is 0 Å². The van der Waals surface area contributed by atoms with Crippen LogP contribution in [0.15, 0.2) is 0 Å². The van der Waals surface area contributed by atoms with Crippen molar-refractivity contribution in [1.82, 2.24) is 10.2 Å². The Hall–Kier alpha value is -0.810. The lowest BCUT2D eigenvalue weighted by molar-refractivity contribution is 0.0607. The van der Waals surface area contributed by atoms with Crippen LogP contribution in [0.2, 0.25) is 0 Å². The second-order valence-electron chi connectivity index (χ2n) is 3.42. The van der Waals surface area contributed by atoms with Gasteiger partial charge in [0.05, 0.1) is 6.10 Å². The van der Waals surface area contributed by atoms with Crippen LogP contribution in [0.4, 0.5) is 4.79 Å². The lowest BCUT2D eigenvalue weighted by Crippen LogP contribution is -2.37. The fourth-order valence-electron chi connectivity index (χ4n) is 1.54. The van der Waals surface area contributed by atoms with Crippen LogP contribution in [0.5, 0.6) is 0 Å². The van der Waals surface area contributed by atoms with Gasteiger partial charge < -0.3 is 20.7 Å². The first-order chi connectivity index (χ1) is 6.77. The molecule has 1 rings (SSSR count). The van der Waals surface area contributed by atoms with E-state index in [1.165, 1.54) is 0 Å². The summed E-state index contributed by atoms with van der Waals surface area (Å²) < 4.78 is 5.57. The Morgan fingerprint density at radius 3 is 3.14 bits per heavy atom. The maximum atomic E-state index is 11.2. The molecule has 0 bridgehead atoms. The predicted molar refractivity (Wildman–Crippen MR) is 54.1 cm³/mol. The van der Waals surface area contributed by atoms with Crippen LogP contribution in [0, 0.1) is 0 Å². The van der Waals surface area contributed by atoms with Gasteiger partial charge in [0.25, 0.3) is 0 Å². The van der Waals surface area contributed by atoms with Crippen LogP contribution in [0.3, 0.4) is 0 Å². The van der Waals surface area contributed by atoms with Gasteiger partial charge >= 0.3 is 6.03 Å². The Kier molecular flexibility index (Phi) is 4.69. The van der Waals surface area contributed by atoms with Gasteiger partial charge in [-0.25, -0.2) is 4.79 Å². The molecule has 3 N–H and O–H groups in total. The van der Waals surface area contributed by atoms with E-state index < -0.39 is 0 Å². The second-order valence-corrected chi connectivity index (χ2v) is 3.42. The molecule has 0 radical (unpaired) electrons. The van der Waals surface area contributed by atoms with E-state index >= 15 is 0 Å². The van der Waals surface area contributed by atoms with Crippen molar-refractivity contribution in [2.24, 2.45) is 5.73 Å². The highest BCUT2D eigenvalue weighted by atomic mass is 16.5. The van der Waals surface area contributed by atoms with Crippen LogP contribution in [0.1, 0.15) is 12.8 Å². The summed E-state index contributed by atoms with van der Waals surface area (Å²) in [5.41, 5.74) is 5.36. The number of nitrogens with two attached hydrogens (primary N) is 1. The molecular formula is C9H19N3O2. The van der Waals surface area contributed by atoms with E-state index in [2.05, 4.69) is 5.32 Å². The number of amides is 2. The number of nitrogens with one attached hydrogen (secondary N) is 1. The smallest absolute Gasteiger partial charge is 0.317 e. The molecule has 0 spiro atoms. The minimum absolute atomic E-state index is 0.0186. The SMILES string of the molecule is CNC(=O)N1CCC(OCCCN)C1. The zero-order chi connectivity index (χ0) is 10.4. The van der Waals surface area contributed by atoms with Crippen LogP contribution < -0.4 is 11.1 Å². The average Bonchev–Trinajstić information content (AvgIpc) is 2.66. The van der Waals surface area contributed by atoms with Gasteiger partial charge in [-0.3, -0.25) is 0 Å². The summed E-state index contributed by atoms with van der Waals surface area (Å²) in [5.74, 6) is 0. The summed E-state index contributed by atoms with van der Waals surface area (Å²) in [5, 5.41) is 2.61. The number of hydrogen-bond acceptors (Lipinski definition) is 3. The number of likely N-dealkylation sites (tertiary alicyclic amines) is 1. The first kappa shape index (κ1) is 11.3. The van der Waals surface area contributed by atoms with Gasteiger partial charge in [0.1, 0.15) is 0 Å². The fraction of sp³-hybridized carbons (Fsp3) is 0.889. The highest BCUT2D eigenvalue weighted by Gasteiger charge is 2.25. The monoisotopic (exact) mass is 201 g/mol. The largest absolute Gasteiger partial charge is 0.376 e. The van der Waals surface area contributed by atoms with Crippen molar-refractivity contribution >= 4 is 6.03 Å². The molecule has 2 amide bonds. The van der Waals surface area contributed by atoms with Gasteiger partial charge in [0.2, 0.25) is 0 Å². The fourth-order valence-corrected chi connectivity index (χ4v) is 1.54. The molecule has 0 aliphatic carbocycles. The molecule has 0 saturated carbocycles. The summed E-state index contributed by atoms with van der Waals surface area (Å²) in [4.78, 5) is 13.0. The molecular weight excluding hydrogens is 182 g/mol. The van der Waals surface area contributed by atoms with Gasteiger partial charge in [-0.2, -0.15) is 0 Å². The molecule has 1 unspecified atom stereocenters. The molecule has 1 atom stereocenters. The molecule has 1 aliphatic heterocycles. The topological polar surface area (TPSA) is 67.6 Å². The number of rotatable bonds is 4. The second kappa shape index (κ2) is 5.82. The quantitative estimate of drug-likeness (QED) is 0.617. The number of ether oxygens (including phenoxy) is 1. The molecule has 82 valence electrons. The molecule has 1 aliphatic rings. The first-order valence-corrected chi connectivity index (χ1v) is 5.06. The third-order valence-corrected chi connectivity index (χ3v) is 2.35. The summed E-state index contributed by atoms with van der Waals surface area (Å²) in [7, 11) is 1.64. The third kappa shape index (κ3) is 3.16. The van der Waals surface area contributed by atoms with Gasteiger partial charge in [0.15, 0.2) is 0 Å². The Labute approximate surface area is 84.6 Å². The van der Waals surface area contributed by atoms with E-state index in [0.717, 1.165) is 19.4 Å². The van der Waals surface area contributed by atoms with Crippen molar-refractivity contribution in [2.45, 2.75) is 18.9 Å². The molecule has 1 saturated heterocycles. The third-order valence-electron chi connectivity index (χ3n) is 2.35. The average molecular weight is 201 g/mol. The highest BCUT2D eigenvalue weighted by molar-refractivity contribution is 5.74. The normalized spacial score (nSPS) is 21.3. The molecule has 0 aromatic rings. The maximum absolute atomic E-state index is 11.2. The molecule has 0 aromatic carbocycles. The maximum Gasteiger partial charge on any atom is 0.317 e. The van der Waals surface area contributed by atoms with Crippen molar-refractivity contribution < 1.29 is 9.53 Å². The molecule has 5 heteroatoms. The molecule has 1 fully saturated rings. The van der Waals surface area contributed by atoms with Crippen LogP contribution in [-0.2, 0) is 4.74 Å². The minimum Gasteiger partial charge on any atom is -0.376 e. The van der Waals surface area contributed by atoms with Crippen molar-refractivity contribution in [1.29, 1.82) is 0 Å². The van der Waals surface area contributed by atoms with Gasteiger partial charge in [0, 0.05) is 26.7 Å². The Balaban J connectivity index is 2.17. The van der Waals surface area contributed by atoms with Crippen molar-refractivity contribution in [2.75, 3.05) is 33.3 Å². The lowest BCUT2D eigenvalue weighted by Gasteiger charge is -2.15. The number of carbonyl (C=O) groups is 1. The van der Waals surface area contributed by atoms with E-state index in [0.29, 0.717) is 19.7 Å². The van der Waals surface area contributed by atoms with E-state index in [4.69, 9.17) is 10.5 Å². The number of carbonyl (C=O) groups excluding carboxylic acids is 1. The minimum atomic E-state index is -0.0186.